The van der Waals surface area contributed by atoms with Crippen molar-refractivity contribution in [3.63, 3.8) is 0 Å². The summed E-state index contributed by atoms with van der Waals surface area (Å²) >= 11 is 7.21. The molecule has 0 amide bonds. The third-order valence-electron chi connectivity index (χ3n) is 2.95. The average Bonchev–Trinajstić information content (AvgIpc) is 2.94. The Kier molecular flexibility index (Phi) is 3.28. The van der Waals surface area contributed by atoms with Gasteiger partial charge in [-0.1, -0.05) is 24.5 Å². The van der Waals surface area contributed by atoms with Crippen LogP contribution in [0.25, 0.3) is 0 Å². The Morgan fingerprint density at radius 3 is 3.22 bits per heavy atom. The van der Waals surface area contributed by atoms with E-state index in [4.69, 9.17) is 21.0 Å². The molecular formula is C12H11BClNO2S. The van der Waals surface area contributed by atoms with Gasteiger partial charge >= 0.3 is 6.92 Å². The number of ether oxygens (including phenoxy) is 1. The van der Waals surface area contributed by atoms with Crippen LogP contribution in [0.4, 0.5) is 0 Å². The lowest BCUT2D eigenvalue weighted by atomic mass is 9.64. The molecule has 6 heteroatoms. The number of nitrogens with zero attached hydrogens (tertiary/aromatic N) is 1. The fourth-order valence-electron chi connectivity index (χ4n) is 1.98. The van der Waals surface area contributed by atoms with Crippen LogP contribution in [0, 0.1) is 0 Å². The van der Waals surface area contributed by atoms with E-state index in [2.05, 4.69) is 23.9 Å². The average molecular weight is 280 g/mol. The summed E-state index contributed by atoms with van der Waals surface area (Å²) in [7, 11) is 0. The molecule has 1 aliphatic heterocycles. The molecule has 1 aromatic heterocycles. The molecular weight excluding hydrogens is 268 g/mol. The van der Waals surface area contributed by atoms with Crippen molar-refractivity contribution in [3.8, 4) is 5.75 Å². The minimum atomic E-state index is 0.154. The maximum atomic E-state index is 5.77. The van der Waals surface area contributed by atoms with Crippen LogP contribution in [0.2, 0.25) is 11.3 Å². The quantitative estimate of drug-likeness (QED) is 0.810. The molecule has 0 unspecified atom stereocenters. The van der Waals surface area contributed by atoms with Gasteiger partial charge in [0.15, 0.2) is 4.47 Å². The van der Waals surface area contributed by atoms with Gasteiger partial charge in [0.2, 0.25) is 0 Å². The second kappa shape index (κ2) is 4.92. The van der Waals surface area contributed by atoms with Crippen molar-refractivity contribution in [2.75, 3.05) is 0 Å². The summed E-state index contributed by atoms with van der Waals surface area (Å²) in [6.45, 7) is 3.40. The Morgan fingerprint density at radius 1 is 1.56 bits per heavy atom. The smallest absolute Gasteiger partial charge is 0.324 e. The zero-order valence-electron chi connectivity index (χ0n) is 9.85. The third kappa shape index (κ3) is 2.39. The van der Waals surface area contributed by atoms with E-state index in [1.54, 1.807) is 6.20 Å². The monoisotopic (exact) mass is 279 g/mol. The molecule has 92 valence electrons. The second-order valence-corrected chi connectivity index (χ2v) is 5.88. The number of hydrogen-bond acceptors (Lipinski definition) is 4. The number of thiazole rings is 1. The van der Waals surface area contributed by atoms with E-state index < -0.39 is 0 Å². The zero-order chi connectivity index (χ0) is 12.5. The van der Waals surface area contributed by atoms with Gasteiger partial charge in [-0.25, -0.2) is 4.98 Å². The van der Waals surface area contributed by atoms with Crippen molar-refractivity contribution in [1.29, 1.82) is 0 Å². The maximum absolute atomic E-state index is 5.77. The molecule has 3 rings (SSSR count). The second-order valence-electron chi connectivity index (χ2n) is 4.18. The van der Waals surface area contributed by atoms with Gasteiger partial charge in [0.1, 0.15) is 12.4 Å². The van der Waals surface area contributed by atoms with Crippen molar-refractivity contribution in [2.45, 2.75) is 20.0 Å². The summed E-state index contributed by atoms with van der Waals surface area (Å²) in [5.74, 6) is 0.857. The summed E-state index contributed by atoms with van der Waals surface area (Å²) < 4.78 is 11.8. The number of rotatable bonds is 3. The van der Waals surface area contributed by atoms with Crippen molar-refractivity contribution < 1.29 is 9.39 Å². The predicted octanol–water partition coefficient (Wildman–Crippen LogP) is 2.73. The molecule has 2 heterocycles. The van der Waals surface area contributed by atoms with Gasteiger partial charge in [-0.05, 0) is 23.2 Å². The topological polar surface area (TPSA) is 31.4 Å². The van der Waals surface area contributed by atoms with E-state index in [-0.39, 0.29) is 6.92 Å². The lowest BCUT2D eigenvalue weighted by Crippen LogP contribution is -2.24. The van der Waals surface area contributed by atoms with Crippen molar-refractivity contribution >= 4 is 35.3 Å². The first-order valence-electron chi connectivity index (χ1n) is 5.70. The van der Waals surface area contributed by atoms with E-state index in [0.717, 1.165) is 10.6 Å². The van der Waals surface area contributed by atoms with Crippen LogP contribution in [0.1, 0.15) is 10.4 Å². The molecule has 18 heavy (non-hydrogen) atoms. The van der Waals surface area contributed by atoms with Gasteiger partial charge in [-0.3, -0.25) is 0 Å². The molecule has 1 aliphatic rings. The SMILES string of the molecule is CB1OCc2ccc(OCc3cnc(Cl)s3)cc21. The normalized spacial score (nSPS) is 13.8. The Labute approximate surface area is 115 Å². The van der Waals surface area contributed by atoms with Gasteiger partial charge < -0.3 is 9.39 Å². The van der Waals surface area contributed by atoms with Crippen molar-refractivity contribution in [1.82, 2.24) is 4.98 Å². The molecule has 0 atom stereocenters. The molecule has 0 spiro atoms. The highest BCUT2D eigenvalue weighted by Gasteiger charge is 2.23. The van der Waals surface area contributed by atoms with Gasteiger partial charge in [0.25, 0.3) is 0 Å². The Bertz CT molecular complexity index is 575. The molecule has 2 aromatic rings. The fourth-order valence-corrected chi connectivity index (χ4v) is 2.87. The first-order valence-corrected chi connectivity index (χ1v) is 6.89. The van der Waals surface area contributed by atoms with Crippen molar-refractivity contribution in [2.24, 2.45) is 0 Å². The van der Waals surface area contributed by atoms with Crippen LogP contribution < -0.4 is 10.2 Å². The summed E-state index contributed by atoms with van der Waals surface area (Å²) in [5, 5.41) is 0. The maximum Gasteiger partial charge on any atom is 0.324 e. The van der Waals surface area contributed by atoms with E-state index in [9.17, 15) is 0 Å². The zero-order valence-corrected chi connectivity index (χ0v) is 11.4. The van der Waals surface area contributed by atoms with Gasteiger partial charge in [0.05, 0.1) is 11.5 Å². The molecule has 0 radical (unpaired) electrons. The van der Waals surface area contributed by atoms with E-state index >= 15 is 0 Å². The van der Waals surface area contributed by atoms with Crippen LogP contribution in [0.15, 0.2) is 24.4 Å². The molecule has 1 aromatic carbocycles. The molecule has 0 fully saturated rings. The molecule has 0 aliphatic carbocycles. The highest BCUT2D eigenvalue weighted by Crippen LogP contribution is 2.21. The highest BCUT2D eigenvalue weighted by atomic mass is 35.5. The van der Waals surface area contributed by atoms with Crippen LogP contribution in [-0.2, 0) is 17.9 Å². The van der Waals surface area contributed by atoms with E-state index in [1.807, 2.05) is 6.07 Å². The van der Waals surface area contributed by atoms with Gasteiger partial charge in [-0.2, -0.15) is 0 Å². The number of hydrogen-bond donors (Lipinski definition) is 0. The van der Waals surface area contributed by atoms with Gasteiger partial charge in [0, 0.05) is 6.20 Å². The Hall–Kier alpha value is -1.04. The van der Waals surface area contributed by atoms with Crippen LogP contribution >= 0.6 is 22.9 Å². The minimum Gasteiger partial charge on any atom is -0.488 e. The van der Waals surface area contributed by atoms with Crippen molar-refractivity contribution in [3.05, 3.63) is 39.3 Å². The standard InChI is InChI=1S/C12H11BClNO2S/c1-13-11-4-9(3-2-8(11)6-17-13)16-7-10-5-15-12(14)18-10/h2-5H,6-7H2,1H3. The van der Waals surface area contributed by atoms with Crippen LogP contribution in [0.3, 0.4) is 0 Å². The lowest BCUT2D eigenvalue weighted by molar-refractivity contribution is 0.309. The number of halogens is 1. The number of benzene rings is 1. The lowest BCUT2D eigenvalue weighted by Gasteiger charge is -2.06. The first-order chi connectivity index (χ1) is 8.72. The van der Waals surface area contributed by atoms with E-state index in [0.29, 0.717) is 17.7 Å². The van der Waals surface area contributed by atoms with Gasteiger partial charge in [-0.15, -0.1) is 11.3 Å². The number of aromatic nitrogens is 1. The molecule has 3 nitrogen and oxygen atoms in total. The summed E-state index contributed by atoms with van der Waals surface area (Å²) in [6.07, 6.45) is 1.74. The highest BCUT2D eigenvalue weighted by molar-refractivity contribution is 7.15. The predicted molar refractivity (Wildman–Crippen MR) is 73.9 cm³/mol. The summed E-state index contributed by atoms with van der Waals surface area (Å²) in [6, 6.07) is 6.09. The van der Waals surface area contributed by atoms with Crippen LogP contribution in [-0.4, -0.2) is 11.9 Å². The third-order valence-corrected chi connectivity index (χ3v) is 4.04. The molecule has 0 saturated heterocycles. The summed E-state index contributed by atoms with van der Waals surface area (Å²) in [4.78, 5) is 5.00. The number of fused-ring (bicyclic) bond motifs is 1. The fraction of sp³-hybridized carbons (Fsp3) is 0.250. The van der Waals surface area contributed by atoms with Crippen LogP contribution in [0.5, 0.6) is 5.75 Å². The first kappa shape index (κ1) is 12.0. The molecule has 0 bridgehead atoms. The minimum absolute atomic E-state index is 0.154. The largest absolute Gasteiger partial charge is 0.488 e. The molecule has 0 N–H and O–H groups in total. The summed E-state index contributed by atoms with van der Waals surface area (Å²) in [5.41, 5.74) is 2.46. The Morgan fingerprint density at radius 2 is 2.44 bits per heavy atom. The van der Waals surface area contributed by atoms with E-state index in [1.165, 1.54) is 22.4 Å². The Balaban J connectivity index is 1.72. The molecule has 0 saturated carbocycles.